The highest BCUT2D eigenvalue weighted by atomic mass is 16.3. The van der Waals surface area contributed by atoms with Gasteiger partial charge in [0.15, 0.2) is 11.4 Å². The Morgan fingerprint density at radius 1 is 1.22 bits per heavy atom. The predicted octanol–water partition coefficient (Wildman–Crippen LogP) is 0.00570. The summed E-state index contributed by atoms with van der Waals surface area (Å²) in [6.45, 7) is 0. The molecule has 32 heavy (non-hydrogen) atoms. The van der Waals surface area contributed by atoms with Gasteiger partial charge in [0, 0.05) is 18.5 Å². The smallest absolute Gasteiger partial charge is 0.255 e. The fourth-order valence-corrected chi connectivity index (χ4v) is 5.42. The summed E-state index contributed by atoms with van der Waals surface area (Å²) in [4.78, 5) is 40.0. The van der Waals surface area contributed by atoms with Crippen molar-refractivity contribution in [1.82, 2.24) is 4.90 Å². The van der Waals surface area contributed by atoms with Crippen molar-refractivity contribution in [3.05, 3.63) is 40.2 Å². The number of likely N-dealkylation sites (N-methyl/N-ethyl adjacent to an activating group) is 1. The van der Waals surface area contributed by atoms with Crippen molar-refractivity contribution in [3.8, 4) is 5.75 Å². The number of nitrogens with zero attached hydrogens (tertiary/aromatic N) is 1. The molecule has 4 rings (SSSR count). The van der Waals surface area contributed by atoms with Gasteiger partial charge in [-0.15, -0.1) is 0 Å². The number of nitrogens with two attached hydrogens (primary N) is 1. The van der Waals surface area contributed by atoms with E-state index in [1.165, 1.54) is 4.90 Å². The maximum absolute atomic E-state index is 13.6. The third kappa shape index (κ3) is 2.63. The number of ketones is 2. The molecule has 1 aromatic carbocycles. The number of carbonyl (C=O) groups excluding carboxylic acids is 3. The summed E-state index contributed by atoms with van der Waals surface area (Å²) in [6, 6.07) is 2.28. The lowest BCUT2D eigenvalue weighted by Crippen LogP contribution is -2.65. The molecule has 4 atom stereocenters. The number of amides is 1. The summed E-state index contributed by atoms with van der Waals surface area (Å²) in [5.74, 6) is -6.55. The number of carbonyl (C=O) groups is 3. The van der Waals surface area contributed by atoms with Crippen LogP contribution in [0.25, 0.3) is 5.76 Å². The Morgan fingerprint density at radius 2 is 1.88 bits per heavy atom. The van der Waals surface area contributed by atoms with Gasteiger partial charge in [0.05, 0.1) is 17.3 Å². The van der Waals surface area contributed by atoms with Crippen LogP contribution in [0.1, 0.15) is 17.5 Å². The zero-order valence-electron chi connectivity index (χ0n) is 17.8. The van der Waals surface area contributed by atoms with E-state index in [1.54, 1.807) is 33.3 Å². The normalized spacial score (nSPS) is 29.6. The van der Waals surface area contributed by atoms with Crippen LogP contribution in [0.4, 0.5) is 5.69 Å². The quantitative estimate of drug-likeness (QED) is 0.278. The van der Waals surface area contributed by atoms with Crippen molar-refractivity contribution in [2.45, 2.75) is 24.5 Å². The minimum atomic E-state index is -2.62. The molecule has 1 saturated carbocycles. The summed E-state index contributed by atoms with van der Waals surface area (Å²) in [5, 5.41) is 46.6. The molecule has 0 aliphatic heterocycles. The van der Waals surface area contributed by atoms with Gasteiger partial charge in [-0.3, -0.25) is 19.3 Å². The van der Waals surface area contributed by atoms with E-state index in [1.807, 2.05) is 0 Å². The van der Waals surface area contributed by atoms with Crippen LogP contribution in [0.3, 0.4) is 0 Å². The van der Waals surface area contributed by atoms with Crippen LogP contribution in [0.15, 0.2) is 29.0 Å². The highest BCUT2D eigenvalue weighted by Crippen LogP contribution is 2.53. The maximum Gasteiger partial charge on any atom is 0.255 e. The second kappa shape index (κ2) is 7.07. The monoisotopic (exact) mass is 443 g/mol. The molecule has 1 fully saturated rings. The van der Waals surface area contributed by atoms with Crippen molar-refractivity contribution in [3.63, 3.8) is 0 Å². The lowest BCUT2D eigenvalue weighted by molar-refractivity contribution is -0.153. The molecule has 3 aliphatic carbocycles. The average molecular weight is 443 g/mol. The number of hydrogen-bond acceptors (Lipinski definition) is 9. The summed E-state index contributed by atoms with van der Waals surface area (Å²) in [7, 11) is 4.71. The Labute approximate surface area is 183 Å². The molecule has 1 amide bonds. The minimum Gasteiger partial charge on any atom is -0.508 e. The van der Waals surface area contributed by atoms with Gasteiger partial charge in [-0.2, -0.15) is 0 Å². The van der Waals surface area contributed by atoms with Crippen molar-refractivity contribution < 1.29 is 34.8 Å². The number of Topliss-reactive ketones (excluding diaryl/α,β-unsaturated/α-hetero) is 2. The van der Waals surface area contributed by atoms with E-state index in [-0.39, 0.29) is 29.7 Å². The Morgan fingerprint density at radius 3 is 2.44 bits per heavy atom. The number of hydrogen-bond donors (Lipinski definition) is 6. The van der Waals surface area contributed by atoms with Gasteiger partial charge in [0.25, 0.3) is 5.91 Å². The molecule has 0 heterocycles. The second-order valence-corrected chi connectivity index (χ2v) is 8.71. The molecule has 10 heteroatoms. The summed E-state index contributed by atoms with van der Waals surface area (Å²) in [5.41, 5.74) is 2.68. The van der Waals surface area contributed by atoms with E-state index in [0.29, 0.717) is 11.3 Å². The van der Waals surface area contributed by atoms with E-state index in [2.05, 4.69) is 5.32 Å². The first kappa shape index (κ1) is 21.8. The number of aliphatic hydroxyl groups is 3. The Balaban J connectivity index is 1.97. The topological polar surface area (TPSA) is 173 Å². The first-order valence-electron chi connectivity index (χ1n) is 10.1. The van der Waals surface area contributed by atoms with Crippen molar-refractivity contribution in [1.29, 1.82) is 0 Å². The zero-order valence-corrected chi connectivity index (χ0v) is 17.8. The van der Waals surface area contributed by atoms with Crippen molar-refractivity contribution in [2.24, 2.45) is 17.6 Å². The molecule has 10 nitrogen and oxygen atoms in total. The second-order valence-electron chi connectivity index (χ2n) is 8.71. The van der Waals surface area contributed by atoms with E-state index < -0.39 is 58.0 Å². The molecule has 0 saturated heterocycles. The minimum absolute atomic E-state index is 0.0631. The fraction of sp³-hybridized carbons (Fsp3) is 0.409. The zero-order chi connectivity index (χ0) is 23.7. The average Bonchev–Trinajstić information content (AvgIpc) is 2.70. The van der Waals surface area contributed by atoms with Crippen LogP contribution in [-0.4, -0.2) is 75.6 Å². The molecular formula is C22H25N3O7. The standard InChI is InChI=1S/C22H25N3O7/c1-24-11-5-4-8-6-9-7-10-15(25(2)3)18(28)14(21(23)31)20(30)22(10,32)19(29)13(9)17(27)12(8)16(11)26/h4-5,9-10,15,24,26-27,30,32H,6-7H2,1-3H3,(H2,23,31)/t9-,10-,15-,22-/m1/s1. The number of primary amides is 1. The lowest BCUT2D eigenvalue weighted by atomic mass is 9.57. The molecule has 0 spiro atoms. The summed E-state index contributed by atoms with van der Waals surface area (Å²) >= 11 is 0. The highest BCUT2D eigenvalue weighted by molar-refractivity contribution is 6.24. The van der Waals surface area contributed by atoms with Crippen LogP contribution in [0, 0.1) is 11.8 Å². The Kier molecular flexibility index (Phi) is 4.83. The lowest BCUT2D eigenvalue weighted by Gasteiger charge is -2.50. The molecule has 0 aromatic heterocycles. The van der Waals surface area contributed by atoms with Gasteiger partial charge >= 0.3 is 0 Å². The van der Waals surface area contributed by atoms with Crippen LogP contribution in [0.2, 0.25) is 0 Å². The number of phenols is 1. The third-order valence-electron chi connectivity index (χ3n) is 6.86. The molecule has 0 unspecified atom stereocenters. The van der Waals surface area contributed by atoms with E-state index in [0.717, 1.165) is 0 Å². The van der Waals surface area contributed by atoms with Gasteiger partial charge < -0.3 is 31.5 Å². The fourth-order valence-electron chi connectivity index (χ4n) is 5.42. The van der Waals surface area contributed by atoms with Gasteiger partial charge in [-0.05, 0) is 44.5 Å². The number of benzene rings is 1. The summed E-state index contributed by atoms with van der Waals surface area (Å²) < 4.78 is 0. The molecule has 170 valence electrons. The number of rotatable bonds is 3. The SMILES string of the molecule is CNc1ccc2c(c1O)C(O)=C1C(=O)[C@@]3(O)C(O)=C(C(N)=O)C(=O)[C@H](N(C)C)[C@H]3C[C@H]1C2. The molecule has 3 aliphatic rings. The highest BCUT2D eigenvalue weighted by Gasteiger charge is 2.64. The van der Waals surface area contributed by atoms with Crippen LogP contribution < -0.4 is 11.1 Å². The number of nitrogens with one attached hydrogen (secondary N) is 1. The van der Waals surface area contributed by atoms with Crippen LogP contribution in [-0.2, 0) is 20.8 Å². The number of anilines is 1. The van der Waals surface area contributed by atoms with Crippen LogP contribution >= 0.6 is 0 Å². The van der Waals surface area contributed by atoms with Gasteiger partial charge in [0.2, 0.25) is 5.78 Å². The Hall–Kier alpha value is -3.37. The number of phenolic OH excluding ortho intramolecular Hbond substituents is 1. The molecule has 0 radical (unpaired) electrons. The molecule has 7 N–H and O–H groups in total. The largest absolute Gasteiger partial charge is 0.508 e. The molecule has 1 aromatic rings. The van der Waals surface area contributed by atoms with Crippen LogP contribution in [0.5, 0.6) is 5.75 Å². The predicted molar refractivity (Wildman–Crippen MR) is 114 cm³/mol. The number of fused-ring (bicyclic) bond motifs is 3. The van der Waals surface area contributed by atoms with Gasteiger partial charge in [-0.25, -0.2) is 0 Å². The first-order valence-corrected chi connectivity index (χ1v) is 10.1. The van der Waals surface area contributed by atoms with Crippen molar-refractivity contribution >= 4 is 28.9 Å². The van der Waals surface area contributed by atoms with E-state index >= 15 is 0 Å². The molecular weight excluding hydrogens is 418 g/mol. The maximum atomic E-state index is 13.6. The van der Waals surface area contributed by atoms with Crippen molar-refractivity contribution in [2.75, 3.05) is 26.5 Å². The van der Waals surface area contributed by atoms with Gasteiger partial charge in [0.1, 0.15) is 22.8 Å². The van der Waals surface area contributed by atoms with E-state index in [4.69, 9.17) is 5.73 Å². The Bertz CT molecular complexity index is 1140. The first-order chi connectivity index (χ1) is 15.0. The summed E-state index contributed by atoms with van der Waals surface area (Å²) in [6.07, 6.45) is 0.340. The van der Waals surface area contributed by atoms with E-state index in [9.17, 15) is 34.8 Å². The molecule has 0 bridgehead atoms. The van der Waals surface area contributed by atoms with Gasteiger partial charge in [-0.1, -0.05) is 6.07 Å². The number of aromatic hydroxyl groups is 1. The number of aliphatic hydroxyl groups excluding tert-OH is 2. The third-order valence-corrected chi connectivity index (χ3v) is 6.86.